The van der Waals surface area contributed by atoms with Crippen molar-refractivity contribution < 1.29 is 28.0 Å². The quantitative estimate of drug-likeness (QED) is 0.244. The minimum absolute atomic E-state index is 0.409. The molecule has 5 nitrogen and oxygen atoms in total. The van der Waals surface area contributed by atoms with Crippen molar-refractivity contribution in [2.45, 2.75) is 83.0 Å². The van der Waals surface area contributed by atoms with Gasteiger partial charge in [-0.05, 0) is 50.3 Å². The second-order valence-electron chi connectivity index (χ2n) is 6.83. The van der Waals surface area contributed by atoms with Crippen LogP contribution in [0.15, 0.2) is 24.3 Å². The van der Waals surface area contributed by atoms with Crippen molar-refractivity contribution in [2.75, 3.05) is 0 Å². The molecule has 2 unspecified atom stereocenters. The summed E-state index contributed by atoms with van der Waals surface area (Å²) in [4.78, 5) is 10.8. The zero-order chi connectivity index (χ0) is 20.5. The Balaban J connectivity index is 2.53. The number of hydrogen-bond donors (Lipinski definition) is 4. The predicted molar refractivity (Wildman–Crippen MR) is 97.9 cm³/mol. The van der Waals surface area contributed by atoms with Crippen molar-refractivity contribution >= 4 is 5.97 Å². The largest absolute Gasteiger partial charge is 0.477 e. The van der Waals surface area contributed by atoms with Gasteiger partial charge in [0.05, 0.1) is 1.37 Å². The molecule has 0 aromatic heterocycles. The van der Waals surface area contributed by atoms with E-state index in [9.17, 15) is 20.1 Å². The summed E-state index contributed by atoms with van der Waals surface area (Å²) >= 11 is 0. The maximum atomic E-state index is 10.8. The van der Waals surface area contributed by atoms with Gasteiger partial charge in [-0.15, -0.1) is 0 Å². The average Bonchev–Trinajstić information content (AvgIpc) is 3.04. The molecule has 1 fully saturated rings. The Labute approximate surface area is 153 Å². The van der Waals surface area contributed by atoms with E-state index in [0.29, 0.717) is 18.3 Å². The summed E-state index contributed by atoms with van der Waals surface area (Å²) in [6.45, 7) is 2.19. The lowest BCUT2D eigenvalue weighted by atomic mass is 9.91. The zero-order valence-electron chi connectivity index (χ0n) is 17.1. The molecule has 5 heteroatoms. The van der Waals surface area contributed by atoms with Crippen LogP contribution in [0.3, 0.4) is 0 Å². The molecular weight excluding hydrogens is 320 g/mol. The SMILES string of the molecule is [2H]C(/C=C\C[C@H]1CCC[C@@H]1/C=C/CCCCCC)C([2H])(O)C(O)(O)C(=O)O. The molecule has 144 valence electrons. The first-order valence-corrected chi connectivity index (χ1v) is 9.30. The fourth-order valence-electron chi connectivity index (χ4n) is 3.21. The summed E-state index contributed by atoms with van der Waals surface area (Å²) in [6, 6.07) is 0. The molecular formula is C20H34O5. The van der Waals surface area contributed by atoms with E-state index in [4.69, 9.17) is 7.85 Å². The Kier molecular flexibility index (Phi) is 8.52. The third-order valence-corrected chi connectivity index (χ3v) is 4.81. The summed E-state index contributed by atoms with van der Waals surface area (Å²) in [7, 11) is 0. The molecule has 0 spiro atoms. The second-order valence-corrected chi connectivity index (χ2v) is 6.83. The van der Waals surface area contributed by atoms with Crippen LogP contribution >= 0.6 is 0 Å². The van der Waals surface area contributed by atoms with Gasteiger partial charge in [-0.3, -0.25) is 0 Å². The van der Waals surface area contributed by atoms with E-state index < -0.39 is 24.2 Å². The van der Waals surface area contributed by atoms with E-state index in [1.54, 1.807) is 6.08 Å². The second kappa shape index (κ2) is 11.4. The highest BCUT2D eigenvalue weighted by atomic mass is 16.6. The van der Waals surface area contributed by atoms with Crippen LogP contribution in [0, 0.1) is 11.8 Å². The van der Waals surface area contributed by atoms with Gasteiger partial charge in [-0.25, -0.2) is 4.79 Å². The Morgan fingerprint density at radius 3 is 2.72 bits per heavy atom. The minimum Gasteiger partial charge on any atom is -0.477 e. The van der Waals surface area contributed by atoms with Gasteiger partial charge < -0.3 is 20.4 Å². The van der Waals surface area contributed by atoms with Gasteiger partial charge in [-0.1, -0.05) is 56.9 Å². The topological polar surface area (TPSA) is 98.0 Å². The zero-order valence-corrected chi connectivity index (χ0v) is 15.1. The summed E-state index contributed by atoms with van der Waals surface area (Å²) in [6.07, 6.45) is 12.3. The van der Waals surface area contributed by atoms with Crippen molar-refractivity contribution in [1.29, 1.82) is 0 Å². The highest BCUT2D eigenvalue weighted by Gasteiger charge is 2.40. The van der Waals surface area contributed by atoms with Crippen molar-refractivity contribution in [2.24, 2.45) is 11.8 Å². The Hall–Kier alpha value is -1.17. The molecule has 0 heterocycles. The Morgan fingerprint density at radius 2 is 2.04 bits per heavy atom. The van der Waals surface area contributed by atoms with Gasteiger partial charge in [0.2, 0.25) is 0 Å². The van der Waals surface area contributed by atoms with Crippen molar-refractivity contribution in [3.05, 3.63) is 24.3 Å². The highest BCUT2D eigenvalue weighted by molar-refractivity contribution is 5.75. The van der Waals surface area contributed by atoms with Crippen LogP contribution in [0.2, 0.25) is 0 Å². The van der Waals surface area contributed by atoms with Gasteiger partial charge in [0.1, 0.15) is 6.08 Å². The van der Waals surface area contributed by atoms with E-state index in [-0.39, 0.29) is 0 Å². The normalized spacial score (nSPS) is 26.6. The number of aliphatic hydroxyl groups is 3. The average molecular weight is 356 g/mol. The van der Waals surface area contributed by atoms with Gasteiger partial charge in [-0.2, -0.15) is 0 Å². The third kappa shape index (κ3) is 7.72. The highest BCUT2D eigenvalue weighted by Crippen LogP contribution is 2.35. The van der Waals surface area contributed by atoms with Gasteiger partial charge >= 0.3 is 5.97 Å². The lowest BCUT2D eigenvalue weighted by Crippen LogP contribution is -2.49. The van der Waals surface area contributed by atoms with Crippen molar-refractivity contribution in [3.8, 4) is 0 Å². The lowest BCUT2D eigenvalue weighted by molar-refractivity contribution is -0.235. The van der Waals surface area contributed by atoms with Gasteiger partial charge in [0.15, 0.2) is 0 Å². The van der Waals surface area contributed by atoms with E-state index >= 15 is 0 Å². The standard InChI is InChI=1S/C20H34O5/c1-2-3-4-5-6-7-11-16-13-10-14-17(16)12-8-9-15-18(21)20(24,25)19(22)23/h7-9,11,16-18,21,24-25H,2-6,10,12-15H2,1H3,(H,22,23)/b9-8-,11-7+/t16-,17-,18?/m0/s1/i15D,18D/t15?,16-,17-,18?. The first-order chi connectivity index (χ1) is 12.6. The Bertz CT molecular complexity index is 517. The molecule has 0 aromatic rings. The summed E-state index contributed by atoms with van der Waals surface area (Å²) in [5, 5.41) is 37.2. The fourth-order valence-corrected chi connectivity index (χ4v) is 3.21. The van der Waals surface area contributed by atoms with E-state index in [0.717, 1.165) is 25.7 Å². The van der Waals surface area contributed by atoms with E-state index in [1.807, 2.05) is 0 Å². The number of hydrogen-bond acceptors (Lipinski definition) is 4. The van der Waals surface area contributed by atoms with Crippen LogP contribution in [-0.4, -0.2) is 38.3 Å². The number of aliphatic carboxylic acids is 1. The summed E-state index contributed by atoms with van der Waals surface area (Å²) in [5.41, 5.74) is 0. The van der Waals surface area contributed by atoms with Crippen LogP contribution < -0.4 is 0 Å². The molecule has 4 N–H and O–H groups in total. The maximum Gasteiger partial charge on any atom is 0.366 e. The van der Waals surface area contributed by atoms with Crippen LogP contribution in [0.5, 0.6) is 0 Å². The monoisotopic (exact) mass is 356 g/mol. The maximum absolute atomic E-state index is 10.8. The first-order valence-electron chi connectivity index (χ1n) is 10.4. The Morgan fingerprint density at radius 1 is 1.28 bits per heavy atom. The van der Waals surface area contributed by atoms with Crippen LogP contribution in [-0.2, 0) is 4.79 Å². The summed E-state index contributed by atoms with van der Waals surface area (Å²) < 4.78 is 15.2. The molecule has 4 atom stereocenters. The van der Waals surface area contributed by atoms with Crippen molar-refractivity contribution in [1.82, 2.24) is 0 Å². The predicted octanol–water partition coefficient (Wildman–Crippen LogP) is 3.39. The smallest absolute Gasteiger partial charge is 0.366 e. The molecule has 0 aliphatic heterocycles. The molecule has 0 radical (unpaired) electrons. The first kappa shape index (κ1) is 18.6. The molecule has 1 aliphatic carbocycles. The number of allylic oxidation sites excluding steroid dienone is 3. The summed E-state index contributed by atoms with van der Waals surface area (Å²) in [5.74, 6) is -4.99. The molecule has 0 amide bonds. The number of rotatable bonds is 12. The third-order valence-electron chi connectivity index (χ3n) is 4.81. The molecule has 0 saturated heterocycles. The fraction of sp³-hybridized carbons (Fsp3) is 0.750. The molecule has 0 aromatic carbocycles. The molecule has 25 heavy (non-hydrogen) atoms. The van der Waals surface area contributed by atoms with Crippen LogP contribution in [0.25, 0.3) is 0 Å². The van der Waals surface area contributed by atoms with E-state index in [2.05, 4.69) is 19.1 Å². The van der Waals surface area contributed by atoms with Gasteiger partial charge in [0.25, 0.3) is 5.79 Å². The molecule has 1 aliphatic rings. The number of unbranched alkanes of at least 4 members (excludes halogenated alkanes) is 4. The number of carboxylic acid groups (broad SMARTS) is 1. The number of carbonyl (C=O) groups is 1. The number of carboxylic acids is 1. The lowest BCUT2D eigenvalue weighted by Gasteiger charge is -2.21. The minimum atomic E-state index is -3.71. The van der Waals surface area contributed by atoms with E-state index in [1.165, 1.54) is 31.8 Å². The van der Waals surface area contributed by atoms with Gasteiger partial charge in [0, 0.05) is 1.37 Å². The molecule has 1 rings (SSSR count). The van der Waals surface area contributed by atoms with Crippen molar-refractivity contribution in [3.63, 3.8) is 0 Å². The van der Waals surface area contributed by atoms with Crippen LogP contribution in [0.1, 0.15) is 73.8 Å². The molecule has 0 bridgehead atoms. The van der Waals surface area contributed by atoms with Crippen LogP contribution in [0.4, 0.5) is 0 Å². The molecule has 1 saturated carbocycles.